The highest BCUT2D eigenvalue weighted by atomic mass is 32.2. The van der Waals surface area contributed by atoms with E-state index in [0.29, 0.717) is 5.56 Å². The summed E-state index contributed by atoms with van der Waals surface area (Å²) in [5, 5.41) is 0.949. The summed E-state index contributed by atoms with van der Waals surface area (Å²) < 4.78 is 24.0. The predicted octanol–water partition coefficient (Wildman–Crippen LogP) is 3.17. The van der Waals surface area contributed by atoms with Crippen molar-refractivity contribution in [3.8, 4) is 0 Å². The van der Waals surface area contributed by atoms with Gasteiger partial charge in [0.2, 0.25) is 0 Å². The summed E-state index contributed by atoms with van der Waals surface area (Å²) in [5.41, 5.74) is 1.51. The summed E-state index contributed by atoms with van der Waals surface area (Å²) in [6.07, 6.45) is 1.09. The van der Waals surface area contributed by atoms with Crippen LogP contribution in [0.25, 0.3) is 0 Å². The lowest BCUT2D eigenvalue weighted by molar-refractivity contribution is 0.104. The Morgan fingerprint density at radius 1 is 0.950 bits per heavy atom. The molecule has 0 aliphatic rings. The molecule has 3 nitrogen and oxygen atoms in total. The van der Waals surface area contributed by atoms with Crippen molar-refractivity contribution >= 4 is 15.6 Å². The highest BCUT2D eigenvalue weighted by Crippen LogP contribution is 2.12. The minimum absolute atomic E-state index is 0.174. The van der Waals surface area contributed by atoms with Crippen LogP contribution < -0.4 is 0 Å². The van der Waals surface area contributed by atoms with Gasteiger partial charge in [-0.15, -0.1) is 0 Å². The molecule has 0 saturated heterocycles. The Balaban J connectivity index is 2.21. The first-order valence-electron chi connectivity index (χ1n) is 6.08. The molecule has 0 amide bonds. The van der Waals surface area contributed by atoms with Crippen molar-refractivity contribution in [2.24, 2.45) is 0 Å². The number of carbonyl (C=O) groups is 1. The van der Waals surface area contributed by atoms with E-state index in [1.165, 1.54) is 12.1 Å². The second-order valence-corrected chi connectivity index (χ2v) is 6.22. The van der Waals surface area contributed by atoms with Crippen molar-refractivity contribution in [2.45, 2.75) is 11.8 Å². The Bertz CT molecular complexity index is 727. The molecule has 0 N–H and O–H groups in total. The van der Waals surface area contributed by atoms with E-state index in [-0.39, 0.29) is 10.7 Å². The Morgan fingerprint density at radius 2 is 1.55 bits per heavy atom. The van der Waals surface area contributed by atoms with Gasteiger partial charge >= 0.3 is 0 Å². The molecule has 0 aliphatic heterocycles. The number of ketones is 1. The monoisotopic (exact) mass is 286 g/mol. The molecule has 0 fully saturated rings. The fourth-order valence-corrected chi connectivity index (χ4v) is 2.65. The molecule has 0 aliphatic carbocycles. The zero-order valence-electron chi connectivity index (χ0n) is 11.0. The topological polar surface area (TPSA) is 51.2 Å². The molecular weight excluding hydrogens is 272 g/mol. The van der Waals surface area contributed by atoms with Gasteiger partial charge in [-0.05, 0) is 25.1 Å². The lowest BCUT2D eigenvalue weighted by atomic mass is 10.1. The molecule has 0 unspecified atom stereocenters. The van der Waals surface area contributed by atoms with Gasteiger partial charge in [0.05, 0.1) is 4.90 Å². The van der Waals surface area contributed by atoms with E-state index >= 15 is 0 Å². The molecule has 0 radical (unpaired) electrons. The van der Waals surface area contributed by atoms with Crippen LogP contribution in [0.3, 0.4) is 0 Å². The molecule has 0 spiro atoms. The van der Waals surface area contributed by atoms with Crippen molar-refractivity contribution in [3.05, 3.63) is 77.2 Å². The second-order valence-electron chi connectivity index (χ2n) is 4.39. The van der Waals surface area contributed by atoms with Crippen LogP contribution in [-0.4, -0.2) is 14.2 Å². The number of hydrogen-bond donors (Lipinski definition) is 0. The van der Waals surface area contributed by atoms with E-state index in [1.807, 2.05) is 19.1 Å². The Kier molecular flexibility index (Phi) is 4.15. The van der Waals surface area contributed by atoms with Gasteiger partial charge in [-0.2, -0.15) is 0 Å². The highest BCUT2D eigenvalue weighted by Gasteiger charge is 2.10. The zero-order valence-corrected chi connectivity index (χ0v) is 11.8. The fraction of sp³-hybridized carbons (Fsp3) is 0.0625. The summed E-state index contributed by atoms with van der Waals surface area (Å²) in [6, 6.07) is 15.0. The Hall–Kier alpha value is -2.20. The lowest BCUT2D eigenvalue weighted by Crippen LogP contribution is -1.99. The maximum absolute atomic E-state index is 12.0. The average Bonchev–Trinajstić information content (AvgIpc) is 2.46. The Labute approximate surface area is 118 Å². The molecule has 0 aromatic heterocycles. The summed E-state index contributed by atoms with van der Waals surface area (Å²) in [4.78, 5) is 12.1. The third kappa shape index (κ3) is 3.42. The van der Waals surface area contributed by atoms with E-state index in [2.05, 4.69) is 0 Å². The summed E-state index contributed by atoms with van der Waals surface area (Å²) in [7, 11) is -3.57. The number of rotatable bonds is 4. The maximum Gasteiger partial charge on any atom is 0.199 e. The molecule has 0 heterocycles. The molecule has 2 rings (SSSR count). The number of sulfone groups is 1. The van der Waals surface area contributed by atoms with Crippen LogP contribution in [-0.2, 0) is 9.84 Å². The number of benzene rings is 2. The number of carbonyl (C=O) groups excluding carboxylic acids is 1. The van der Waals surface area contributed by atoms with Gasteiger partial charge in [0.25, 0.3) is 0 Å². The van der Waals surface area contributed by atoms with Crippen LogP contribution in [0.5, 0.6) is 0 Å². The summed E-state index contributed by atoms with van der Waals surface area (Å²) >= 11 is 0. The van der Waals surface area contributed by atoms with Gasteiger partial charge in [-0.25, -0.2) is 8.42 Å². The van der Waals surface area contributed by atoms with Crippen LogP contribution in [0.1, 0.15) is 15.9 Å². The van der Waals surface area contributed by atoms with Crippen molar-refractivity contribution in [3.63, 3.8) is 0 Å². The number of allylic oxidation sites excluding steroid dienone is 1. The third-order valence-electron chi connectivity index (χ3n) is 2.81. The van der Waals surface area contributed by atoms with Crippen molar-refractivity contribution in [1.82, 2.24) is 0 Å². The van der Waals surface area contributed by atoms with Crippen LogP contribution in [0.15, 0.2) is 71.0 Å². The van der Waals surface area contributed by atoms with E-state index in [1.54, 1.807) is 30.3 Å². The lowest BCUT2D eigenvalue weighted by Gasteiger charge is -1.99. The van der Waals surface area contributed by atoms with Gasteiger partial charge in [0.1, 0.15) is 0 Å². The molecule has 102 valence electrons. The summed E-state index contributed by atoms with van der Waals surface area (Å²) in [5.74, 6) is -0.329. The zero-order chi connectivity index (χ0) is 14.6. The molecule has 4 heteroatoms. The SMILES string of the molecule is Cc1ccc(C(=O)/C=C/S(=O)(=O)c2ccccc2)cc1. The van der Waals surface area contributed by atoms with Crippen molar-refractivity contribution in [1.29, 1.82) is 0 Å². The van der Waals surface area contributed by atoms with Crippen LogP contribution in [0.2, 0.25) is 0 Å². The second kappa shape index (κ2) is 5.84. The van der Waals surface area contributed by atoms with Crippen molar-refractivity contribution in [2.75, 3.05) is 0 Å². The molecule has 0 saturated carbocycles. The van der Waals surface area contributed by atoms with Crippen molar-refractivity contribution < 1.29 is 13.2 Å². The normalized spacial score (nSPS) is 11.7. The van der Waals surface area contributed by atoms with Crippen LogP contribution in [0, 0.1) is 6.92 Å². The van der Waals surface area contributed by atoms with E-state index < -0.39 is 9.84 Å². The molecule has 20 heavy (non-hydrogen) atoms. The average molecular weight is 286 g/mol. The quantitative estimate of drug-likeness (QED) is 0.641. The minimum atomic E-state index is -3.57. The molecule has 2 aromatic carbocycles. The first-order valence-corrected chi connectivity index (χ1v) is 7.63. The number of hydrogen-bond acceptors (Lipinski definition) is 3. The van der Waals surface area contributed by atoms with Crippen LogP contribution >= 0.6 is 0 Å². The van der Waals surface area contributed by atoms with E-state index in [0.717, 1.165) is 17.0 Å². The third-order valence-corrected chi connectivity index (χ3v) is 4.23. The van der Waals surface area contributed by atoms with Gasteiger partial charge in [-0.3, -0.25) is 4.79 Å². The minimum Gasteiger partial charge on any atom is -0.289 e. The van der Waals surface area contributed by atoms with Gasteiger partial charge in [-0.1, -0.05) is 48.0 Å². The maximum atomic E-state index is 12.0. The smallest absolute Gasteiger partial charge is 0.199 e. The number of aryl methyl sites for hydroxylation is 1. The Morgan fingerprint density at radius 3 is 2.15 bits per heavy atom. The van der Waals surface area contributed by atoms with E-state index in [9.17, 15) is 13.2 Å². The van der Waals surface area contributed by atoms with Gasteiger partial charge < -0.3 is 0 Å². The first kappa shape index (κ1) is 14.2. The predicted molar refractivity (Wildman–Crippen MR) is 78.3 cm³/mol. The first-order chi connectivity index (χ1) is 9.49. The highest BCUT2D eigenvalue weighted by molar-refractivity contribution is 7.94. The van der Waals surface area contributed by atoms with Gasteiger partial charge in [0, 0.05) is 11.0 Å². The summed E-state index contributed by atoms with van der Waals surface area (Å²) in [6.45, 7) is 1.92. The molecular formula is C16H14O3S. The molecule has 0 bridgehead atoms. The largest absolute Gasteiger partial charge is 0.289 e. The van der Waals surface area contributed by atoms with Gasteiger partial charge in [0.15, 0.2) is 15.6 Å². The van der Waals surface area contributed by atoms with E-state index in [4.69, 9.17) is 0 Å². The molecule has 0 atom stereocenters. The fourth-order valence-electron chi connectivity index (χ4n) is 1.65. The standard InChI is InChI=1S/C16H14O3S/c1-13-7-9-14(10-8-13)16(17)11-12-20(18,19)15-5-3-2-4-6-15/h2-12H,1H3/b12-11+. The van der Waals surface area contributed by atoms with Crippen LogP contribution in [0.4, 0.5) is 0 Å². The molecule has 2 aromatic rings.